The lowest BCUT2D eigenvalue weighted by Crippen LogP contribution is -2.10. The Morgan fingerprint density at radius 3 is 2.37 bits per heavy atom. The number of hydrogen-bond acceptors (Lipinski definition) is 5. The maximum absolute atomic E-state index is 14.8. The molecule has 0 aliphatic carbocycles. The molecule has 2 heterocycles. The first-order valence-corrected chi connectivity index (χ1v) is 8.90. The van der Waals surface area contributed by atoms with Crippen LogP contribution >= 0.6 is 0 Å². The van der Waals surface area contributed by atoms with Crippen LogP contribution in [0.3, 0.4) is 0 Å². The zero-order valence-corrected chi connectivity index (χ0v) is 15.6. The SMILES string of the molecule is Cc1c(F)c(Nc2cccc(Nc3nccc(C(F)(F)F)n3)c2)nc2ccccc12. The van der Waals surface area contributed by atoms with E-state index in [9.17, 15) is 17.6 Å². The van der Waals surface area contributed by atoms with Crippen LogP contribution in [0.5, 0.6) is 0 Å². The average molecular weight is 413 g/mol. The van der Waals surface area contributed by atoms with Crippen LogP contribution in [0.1, 0.15) is 11.3 Å². The van der Waals surface area contributed by atoms with Gasteiger partial charge in [-0.15, -0.1) is 0 Å². The van der Waals surface area contributed by atoms with Gasteiger partial charge in [0.15, 0.2) is 11.6 Å². The quantitative estimate of drug-likeness (QED) is 0.403. The normalized spacial score (nSPS) is 11.5. The summed E-state index contributed by atoms with van der Waals surface area (Å²) in [6, 6.07) is 14.6. The Balaban J connectivity index is 1.61. The number of nitrogens with one attached hydrogen (secondary N) is 2. The molecule has 0 radical (unpaired) electrons. The number of aromatic nitrogens is 3. The number of pyridine rings is 1. The van der Waals surface area contributed by atoms with E-state index in [1.165, 1.54) is 0 Å². The van der Waals surface area contributed by atoms with E-state index in [4.69, 9.17) is 0 Å². The zero-order valence-electron chi connectivity index (χ0n) is 15.6. The van der Waals surface area contributed by atoms with Crippen molar-refractivity contribution < 1.29 is 17.6 Å². The maximum atomic E-state index is 14.8. The molecular formula is C21H15F4N5. The number of para-hydroxylation sites is 1. The molecule has 0 aliphatic heterocycles. The maximum Gasteiger partial charge on any atom is 0.433 e. The van der Waals surface area contributed by atoms with Crippen molar-refractivity contribution in [2.45, 2.75) is 13.1 Å². The van der Waals surface area contributed by atoms with E-state index in [-0.39, 0.29) is 11.8 Å². The van der Waals surface area contributed by atoms with Gasteiger partial charge in [-0.05, 0) is 42.8 Å². The summed E-state index contributed by atoms with van der Waals surface area (Å²) < 4.78 is 53.2. The number of halogens is 4. The van der Waals surface area contributed by atoms with Crippen LogP contribution in [0.25, 0.3) is 10.9 Å². The van der Waals surface area contributed by atoms with E-state index in [1.807, 2.05) is 12.1 Å². The Hall–Kier alpha value is -3.75. The number of benzene rings is 2. The standard InChI is InChI=1S/C21H15F4N5/c1-12-15-7-2-3-8-16(15)29-19(18(12)22)27-13-5-4-6-14(11-13)28-20-26-10-9-17(30-20)21(23,24)25/h2-11H,1H3,(H,27,29)(H,26,28,30). The van der Waals surface area contributed by atoms with Crippen molar-refractivity contribution in [3.63, 3.8) is 0 Å². The summed E-state index contributed by atoms with van der Waals surface area (Å²) in [5.41, 5.74) is 0.984. The molecule has 4 aromatic rings. The highest BCUT2D eigenvalue weighted by Crippen LogP contribution is 2.29. The van der Waals surface area contributed by atoms with Gasteiger partial charge in [0.1, 0.15) is 5.69 Å². The van der Waals surface area contributed by atoms with Gasteiger partial charge in [-0.1, -0.05) is 24.3 Å². The highest BCUT2D eigenvalue weighted by Gasteiger charge is 2.32. The predicted octanol–water partition coefficient (Wildman–Crippen LogP) is 5.98. The van der Waals surface area contributed by atoms with Crippen molar-refractivity contribution >= 4 is 34.0 Å². The van der Waals surface area contributed by atoms with Crippen molar-refractivity contribution in [3.8, 4) is 0 Å². The van der Waals surface area contributed by atoms with E-state index >= 15 is 0 Å². The topological polar surface area (TPSA) is 62.7 Å². The van der Waals surface area contributed by atoms with Crippen LogP contribution in [0.4, 0.5) is 40.7 Å². The second-order valence-corrected chi connectivity index (χ2v) is 6.51. The summed E-state index contributed by atoms with van der Waals surface area (Å²) in [4.78, 5) is 11.6. The van der Waals surface area contributed by atoms with Crippen LogP contribution in [-0.2, 0) is 6.18 Å². The van der Waals surface area contributed by atoms with E-state index in [0.29, 0.717) is 22.5 Å². The lowest BCUT2D eigenvalue weighted by Gasteiger charge is -2.13. The highest BCUT2D eigenvalue weighted by molar-refractivity contribution is 5.84. The molecule has 0 spiro atoms. The minimum Gasteiger partial charge on any atom is -0.338 e. The molecule has 5 nitrogen and oxygen atoms in total. The van der Waals surface area contributed by atoms with E-state index in [2.05, 4.69) is 25.6 Å². The van der Waals surface area contributed by atoms with Crippen LogP contribution < -0.4 is 10.6 Å². The number of hydrogen-bond donors (Lipinski definition) is 2. The summed E-state index contributed by atoms with van der Waals surface area (Å²) in [6.45, 7) is 1.67. The molecule has 0 amide bonds. The van der Waals surface area contributed by atoms with Gasteiger partial charge in [0.05, 0.1) is 5.52 Å². The van der Waals surface area contributed by atoms with Crippen molar-refractivity contribution in [3.05, 3.63) is 77.9 Å². The molecule has 0 saturated heterocycles. The van der Waals surface area contributed by atoms with Gasteiger partial charge in [0, 0.05) is 23.0 Å². The molecular weight excluding hydrogens is 398 g/mol. The predicted molar refractivity (Wildman–Crippen MR) is 106 cm³/mol. The summed E-state index contributed by atoms with van der Waals surface area (Å²) in [5, 5.41) is 6.36. The summed E-state index contributed by atoms with van der Waals surface area (Å²) in [5.74, 6) is -0.625. The molecule has 0 fully saturated rings. The van der Waals surface area contributed by atoms with Crippen LogP contribution in [0, 0.1) is 12.7 Å². The van der Waals surface area contributed by atoms with Gasteiger partial charge in [-0.2, -0.15) is 13.2 Å². The van der Waals surface area contributed by atoms with Gasteiger partial charge < -0.3 is 10.6 Å². The van der Waals surface area contributed by atoms with Crippen molar-refractivity contribution in [1.82, 2.24) is 15.0 Å². The monoisotopic (exact) mass is 413 g/mol. The molecule has 9 heteroatoms. The summed E-state index contributed by atoms with van der Waals surface area (Å²) >= 11 is 0. The number of alkyl halides is 3. The molecule has 152 valence electrons. The van der Waals surface area contributed by atoms with E-state index in [0.717, 1.165) is 17.6 Å². The Kier molecular flexibility index (Phi) is 4.94. The van der Waals surface area contributed by atoms with E-state index in [1.54, 1.807) is 43.3 Å². The number of rotatable bonds is 4. The molecule has 4 rings (SSSR count). The number of anilines is 4. The zero-order chi connectivity index (χ0) is 21.3. The number of fused-ring (bicyclic) bond motifs is 1. The first kappa shape index (κ1) is 19.6. The van der Waals surface area contributed by atoms with Gasteiger partial charge in [-0.3, -0.25) is 0 Å². The Bertz CT molecular complexity index is 1220. The Labute approximate surface area is 168 Å². The van der Waals surface area contributed by atoms with Gasteiger partial charge in [0.2, 0.25) is 5.95 Å². The van der Waals surface area contributed by atoms with Gasteiger partial charge in [-0.25, -0.2) is 19.3 Å². The lowest BCUT2D eigenvalue weighted by atomic mass is 10.1. The Morgan fingerprint density at radius 1 is 0.867 bits per heavy atom. The van der Waals surface area contributed by atoms with E-state index < -0.39 is 17.7 Å². The van der Waals surface area contributed by atoms with Gasteiger partial charge in [0.25, 0.3) is 0 Å². The fraction of sp³-hybridized carbons (Fsp3) is 0.0952. The molecule has 0 unspecified atom stereocenters. The van der Waals surface area contributed by atoms with Crippen LogP contribution in [-0.4, -0.2) is 15.0 Å². The molecule has 2 aromatic heterocycles. The molecule has 0 saturated carbocycles. The third-order valence-corrected chi connectivity index (χ3v) is 4.40. The lowest BCUT2D eigenvalue weighted by molar-refractivity contribution is -0.141. The number of nitrogens with zero attached hydrogens (tertiary/aromatic N) is 3. The second kappa shape index (κ2) is 7.58. The fourth-order valence-electron chi connectivity index (χ4n) is 2.95. The minimum atomic E-state index is -4.57. The van der Waals surface area contributed by atoms with Crippen LogP contribution in [0.2, 0.25) is 0 Å². The third-order valence-electron chi connectivity index (χ3n) is 4.40. The second-order valence-electron chi connectivity index (χ2n) is 6.51. The van der Waals surface area contributed by atoms with Crippen molar-refractivity contribution in [2.75, 3.05) is 10.6 Å². The first-order valence-electron chi connectivity index (χ1n) is 8.90. The van der Waals surface area contributed by atoms with Gasteiger partial charge >= 0.3 is 6.18 Å². The molecule has 0 bridgehead atoms. The fourth-order valence-corrected chi connectivity index (χ4v) is 2.95. The molecule has 0 aliphatic rings. The largest absolute Gasteiger partial charge is 0.433 e. The molecule has 2 aromatic carbocycles. The molecule has 2 N–H and O–H groups in total. The van der Waals surface area contributed by atoms with Crippen LogP contribution in [0.15, 0.2) is 60.8 Å². The summed E-state index contributed by atoms with van der Waals surface area (Å²) in [7, 11) is 0. The Morgan fingerprint density at radius 2 is 1.60 bits per heavy atom. The molecule has 30 heavy (non-hydrogen) atoms. The van der Waals surface area contributed by atoms with Crippen molar-refractivity contribution in [1.29, 1.82) is 0 Å². The third kappa shape index (κ3) is 4.00. The van der Waals surface area contributed by atoms with Crippen molar-refractivity contribution in [2.24, 2.45) is 0 Å². The first-order chi connectivity index (χ1) is 14.3. The highest BCUT2D eigenvalue weighted by atomic mass is 19.4. The molecule has 0 atom stereocenters. The average Bonchev–Trinajstić information content (AvgIpc) is 2.72. The minimum absolute atomic E-state index is 0.0543. The summed E-state index contributed by atoms with van der Waals surface area (Å²) in [6.07, 6.45) is -3.54. The number of aryl methyl sites for hydroxylation is 1. The smallest absolute Gasteiger partial charge is 0.338 e.